The van der Waals surface area contributed by atoms with Crippen molar-refractivity contribution in [1.82, 2.24) is 5.43 Å². The molecular weight excluding hydrogens is 441 g/mol. The zero-order valence-corrected chi connectivity index (χ0v) is 17.8. The minimum atomic E-state index is -1.06. The summed E-state index contributed by atoms with van der Waals surface area (Å²) in [6.07, 6.45) is 3.40. The topological polar surface area (TPSA) is 79.8 Å². The molecule has 154 valence electrons. The second-order valence-electron chi connectivity index (χ2n) is 6.31. The number of hydrazone groups is 1. The lowest BCUT2D eigenvalue weighted by Crippen LogP contribution is -2.34. The molecule has 0 bridgehead atoms. The van der Waals surface area contributed by atoms with Gasteiger partial charge in [-0.2, -0.15) is 5.10 Å². The second-order valence-corrected chi connectivity index (χ2v) is 7.22. The summed E-state index contributed by atoms with van der Waals surface area (Å²) >= 11 is 3.39. The Morgan fingerprint density at radius 1 is 1.24 bits per heavy atom. The van der Waals surface area contributed by atoms with Crippen molar-refractivity contribution < 1.29 is 18.7 Å². The van der Waals surface area contributed by atoms with Crippen molar-refractivity contribution in [3.05, 3.63) is 58.3 Å². The number of nitrogens with one attached hydrogen (secondary N) is 2. The predicted molar refractivity (Wildman–Crippen MR) is 114 cm³/mol. The summed E-state index contributed by atoms with van der Waals surface area (Å²) in [6.45, 7) is 4.07. The third kappa shape index (κ3) is 6.98. The summed E-state index contributed by atoms with van der Waals surface area (Å²) in [5, 5.41) is 6.31. The van der Waals surface area contributed by atoms with Crippen molar-refractivity contribution in [2.45, 2.75) is 26.7 Å². The van der Waals surface area contributed by atoms with Crippen LogP contribution in [0.3, 0.4) is 0 Å². The molecule has 0 saturated carbocycles. The zero-order valence-electron chi connectivity index (χ0n) is 16.2. The quantitative estimate of drug-likeness (QED) is 0.248. The molecular formula is C21H23BrFN3O3. The first-order valence-electron chi connectivity index (χ1n) is 9.23. The van der Waals surface area contributed by atoms with Gasteiger partial charge >= 0.3 is 0 Å². The van der Waals surface area contributed by atoms with Crippen molar-refractivity contribution in [2.75, 3.05) is 11.9 Å². The number of hydrogen-bond acceptors (Lipinski definition) is 4. The monoisotopic (exact) mass is 463 g/mol. The molecule has 2 N–H and O–H groups in total. The normalized spacial score (nSPS) is 11.9. The Labute approximate surface area is 177 Å². The number of hydrogen-bond donors (Lipinski definition) is 2. The molecule has 29 heavy (non-hydrogen) atoms. The molecule has 6 nitrogen and oxygen atoms in total. The van der Waals surface area contributed by atoms with Crippen LogP contribution in [0.4, 0.5) is 10.1 Å². The van der Waals surface area contributed by atoms with Crippen LogP contribution in [-0.2, 0) is 9.59 Å². The molecule has 0 fully saturated rings. The van der Waals surface area contributed by atoms with Crippen molar-refractivity contribution in [3.8, 4) is 5.75 Å². The minimum absolute atomic E-state index is 0.0173. The van der Waals surface area contributed by atoms with Gasteiger partial charge in [-0.25, -0.2) is 9.82 Å². The zero-order chi connectivity index (χ0) is 21.2. The number of carbonyl (C=O) groups is 2. The number of anilines is 1. The number of rotatable bonds is 9. The van der Waals surface area contributed by atoms with Crippen LogP contribution in [0, 0.1) is 11.7 Å². The van der Waals surface area contributed by atoms with Crippen LogP contribution in [0.15, 0.2) is 52.0 Å². The highest BCUT2D eigenvalue weighted by Crippen LogP contribution is 2.22. The van der Waals surface area contributed by atoms with Crippen LogP contribution in [0.2, 0.25) is 0 Å². The van der Waals surface area contributed by atoms with Gasteiger partial charge in [0, 0.05) is 10.0 Å². The first-order valence-corrected chi connectivity index (χ1v) is 10.0. The van der Waals surface area contributed by atoms with E-state index in [1.54, 1.807) is 6.07 Å². The minimum Gasteiger partial charge on any atom is -0.493 e. The van der Waals surface area contributed by atoms with Crippen molar-refractivity contribution >= 4 is 39.6 Å². The molecule has 1 atom stereocenters. The number of para-hydroxylation sites is 1. The summed E-state index contributed by atoms with van der Waals surface area (Å²) in [5.41, 5.74) is 3.03. The standard InChI is InChI=1S/C21H23BrFN3O3/c1-3-4-11-29-19-10-9-16(22)12-15(19)13-24-26-21(28)14(2)20(27)25-18-8-6-5-7-17(18)23/h5-10,12-14H,3-4,11H2,1-2H3,(H,25,27)(H,26,28). The largest absolute Gasteiger partial charge is 0.493 e. The number of benzene rings is 2. The molecule has 0 aliphatic rings. The van der Waals surface area contributed by atoms with Crippen LogP contribution in [0.25, 0.3) is 0 Å². The molecule has 2 amide bonds. The van der Waals surface area contributed by atoms with Gasteiger partial charge in [-0.3, -0.25) is 9.59 Å². The van der Waals surface area contributed by atoms with Gasteiger partial charge in [0.1, 0.15) is 17.5 Å². The average Bonchev–Trinajstić information content (AvgIpc) is 2.70. The van der Waals surface area contributed by atoms with E-state index in [-0.39, 0.29) is 5.69 Å². The third-order valence-electron chi connectivity index (χ3n) is 4.02. The Balaban J connectivity index is 1.97. The maximum Gasteiger partial charge on any atom is 0.252 e. The number of ether oxygens (including phenoxy) is 1. The van der Waals surface area contributed by atoms with E-state index in [4.69, 9.17) is 4.74 Å². The van der Waals surface area contributed by atoms with Crippen molar-refractivity contribution in [3.63, 3.8) is 0 Å². The summed E-state index contributed by atoms with van der Waals surface area (Å²) in [5.74, 6) is -2.23. The Bertz CT molecular complexity index is 889. The highest BCUT2D eigenvalue weighted by molar-refractivity contribution is 9.10. The highest BCUT2D eigenvalue weighted by atomic mass is 79.9. The molecule has 2 aromatic rings. The van der Waals surface area contributed by atoms with Gasteiger partial charge in [0.05, 0.1) is 18.5 Å². The van der Waals surface area contributed by atoms with E-state index in [0.29, 0.717) is 17.9 Å². The van der Waals surface area contributed by atoms with Crippen molar-refractivity contribution in [2.24, 2.45) is 11.0 Å². The van der Waals surface area contributed by atoms with Crippen LogP contribution < -0.4 is 15.5 Å². The smallest absolute Gasteiger partial charge is 0.252 e. The SMILES string of the molecule is CCCCOc1ccc(Br)cc1C=NNC(=O)C(C)C(=O)Nc1ccccc1F. The fourth-order valence-corrected chi connectivity index (χ4v) is 2.64. The molecule has 0 radical (unpaired) electrons. The number of halogens is 2. The van der Waals surface area contributed by atoms with Crippen LogP contribution in [0.5, 0.6) is 5.75 Å². The summed E-state index contributed by atoms with van der Waals surface area (Å²) < 4.78 is 20.2. The number of nitrogens with zero attached hydrogens (tertiary/aromatic N) is 1. The van der Waals surface area contributed by atoms with Crippen molar-refractivity contribution in [1.29, 1.82) is 0 Å². The molecule has 0 saturated heterocycles. The van der Waals surface area contributed by atoms with Gasteiger partial charge in [-0.15, -0.1) is 0 Å². The first kappa shape index (κ1) is 22.5. The van der Waals surface area contributed by atoms with E-state index in [1.807, 2.05) is 18.2 Å². The molecule has 2 rings (SSSR count). The summed E-state index contributed by atoms with van der Waals surface area (Å²) in [7, 11) is 0. The van der Waals surface area contributed by atoms with Gasteiger partial charge in [-0.05, 0) is 43.7 Å². The lowest BCUT2D eigenvalue weighted by Gasteiger charge is -2.11. The van der Waals surface area contributed by atoms with Gasteiger partial charge in [-0.1, -0.05) is 41.4 Å². The number of unbranched alkanes of at least 4 members (excludes halogenated alkanes) is 1. The van der Waals surface area contributed by atoms with E-state index in [9.17, 15) is 14.0 Å². The van der Waals surface area contributed by atoms with Gasteiger partial charge in [0.15, 0.2) is 0 Å². The Morgan fingerprint density at radius 3 is 2.72 bits per heavy atom. The fraction of sp³-hybridized carbons (Fsp3) is 0.286. The van der Waals surface area contributed by atoms with Crippen LogP contribution in [-0.4, -0.2) is 24.6 Å². The average molecular weight is 464 g/mol. The van der Waals surface area contributed by atoms with E-state index < -0.39 is 23.5 Å². The molecule has 0 spiro atoms. The molecule has 8 heteroatoms. The van der Waals surface area contributed by atoms with Crippen LogP contribution in [0.1, 0.15) is 32.3 Å². The van der Waals surface area contributed by atoms with E-state index in [1.165, 1.54) is 31.3 Å². The second kappa shape index (κ2) is 11.3. The fourth-order valence-electron chi connectivity index (χ4n) is 2.26. The maximum atomic E-state index is 13.6. The maximum absolute atomic E-state index is 13.6. The highest BCUT2D eigenvalue weighted by Gasteiger charge is 2.22. The molecule has 0 aliphatic heterocycles. The lowest BCUT2D eigenvalue weighted by atomic mass is 10.1. The third-order valence-corrected chi connectivity index (χ3v) is 4.52. The lowest BCUT2D eigenvalue weighted by molar-refractivity contribution is -0.131. The van der Waals surface area contributed by atoms with Gasteiger partial charge in [0.2, 0.25) is 5.91 Å². The Kier molecular flexibility index (Phi) is 8.79. The number of carbonyl (C=O) groups excluding carboxylic acids is 2. The van der Waals surface area contributed by atoms with E-state index >= 15 is 0 Å². The summed E-state index contributed by atoms with van der Waals surface area (Å²) in [6, 6.07) is 11.2. The summed E-state index contributed by atoms with van der Waals surface area (Å²) in [4.78, 5) is 24.4. The van der Waals surface area contributed by atoms with Gasteiger partial charge < -0.3 is 10.1 Å². The van der Waals surface area contributed by atoms with E-state index in [2.05, 4.69) is 38.7 Å². The molecule has 0 aliphatic carbocycles. The molecule has 1 unspecified atom stereocenters. The Hall–Kier alpha value is -2.74. The van der Waals surface area contributed by atoms with Gasteiger partial charge in [0.25, 0.3) is 5.91 Å². The molecule has 0 heterocycles. The van der Waals surface area contributed by atoms with Crippen LogP contribution >= 0.6 is 15.9 Å². The molecule has 2 aromatic carbocycles. The number of amides is 2. The molecule has 0 aromatic heterocycles. The van der Waals surface area contributed by atoms with E-state index in [0.717, 1.165) is 17.3 Å². The predicted octanol–water partition coefficient (Wildman–Crippen LogP) is 4.49. The Morgan fingerprint density at radius 2 is 2.00 bits per heavy atom. The first-order chi connectivity index (χ1) is 13.9.